The van der Waals surface area contributed by atoms with Gasteiger partial charge in [0.25, 0.3) is 0 Å². The Balaban J connectivity index is 2.58. The standard InChI is InChI=1S/C19H16F7NOS/c1-3-15(12-6-4-5-7-13(12)19(24,25)26)27-16-9-17(11(2)8-14(16)20)29(28)10-18(21,22)23/h4-9H,3,10H2,1-2H3. The van der Waals surface area contributed by atoms with E-state index in [2.05, 4.69) is 4.99 Å². The van der Waals surface area contributed by atoms with Gasteiger partial charge in [0, 0.05) is 16.2 Å². The molecule has 2 aromatic rings. The minimum atomic E-state index is -4.70. The Kier molecular flexibility index (Phi) is 6.87. The molecule has 0 saturated heterocycles. The average Bonchev–Trinajstić information content (AvgIpc) is 2.58. The van der Waals surface area contributed by atoms with E-state index in [0.29, 0.717) is 0 Å². The molecule has 0 aliphatic rings. The van der Waals surface area contributed by atoms with Crippen LogP contribution in [0.2, 0.25) is 0 Å². The number of alkyl halides is 6. The molecule has 0 fully saturated rings. The van der Waals surface area contributed by atoms with Crippen LogP contribution in [-0.2, 0) is 17.0 Å². The smallest absolute Gasteiger partial charge is 0.254 e. The van der Waals surface area contributed by atoms with Crippen LogP contribution in [0.1, 0.15) is 30.0 Å². The molecule has 1 atom stereocenters. The van der Waals surface area contributed by atoms with E-state index >= 15 is 0 Å². The van der Waals surface area contributed by atoms with E-state index in [1.165, 1.54) is 32.0 Å². The van der Waals surface area contributed by atoms with E-state index in [1.807, 2.05) is 0 Å². The first-order valence-electron chi connectivity index (χ1n) is 8.33. The molecule has 0 bridgehead atoms. The van der Waals surface area contributed by atoms with Gasteiger partial charge in [0.15, 0.2) is 0 Å². The minimum absolute atomic E-state index is 0.00137. The maximum absolute atomic E-state index is 14.3. The monoisotopic (exact) mass is 439 g/mol. The molecule has 158 valence electrons. The van der Waals surface area contributed by atoms with Crippen LogP contribution in [0.4, 0.5) is 36.4 Å². The first kappa shape index (κ1) is 23.1. The van der Waals surface area contributed by atoms with Gasteiger partial charge in [-0.05, 0) is 37.1 Å². The first-order valence-corrected chi connectivity index (χ1v) is 9.64. The molecule has 0 amide bonds. The van der Waals surface area contributed by atoms with Crippen molar-refractivity contribution >= 4 is 22.2 Å². The summed E-state index contributed by atoms with van der Waals surface area (Å²) in [7, 11) is -2.50. The number of hydrogen-bond donors (Lipinski definition) is 0. The molecule has 0 aromatic heterocycles. The van der Waals surface area contributed by atoms with Crippen LogP contribution in [-0.4, -0.2) is 21.8 Å². The predicted octanol–water partition coefficient (Wildman–Crippen LogP) is 6.35. The van der Waals surface area contributed by atoms with Gasteiger partial charge in [0.05, 0.1) is 16.4 Å². The zero-order valence-electron chi connectivity index (χ0n) is 15.3. The van der Waals surface area contributed by atoms with Crippen molar-refractivity contribution in [2.24, 2.45) is 4.99 Å². The molecule has 0 radical (unpaired) electrons. The Hall–Kier alpha value is -2.23. The number of aliphatic imine (C=N–C) groups is 1. The molecule has 0 N–H and O–H groups in total. The van der Waals surface area contributed by atoms with Crippen molar-refractivity contribution in [3.8, 4) is 0 Å². The second-order valence-electron chi connectivity index (χ2n) is 6.13. The van der Waals surface area contributed by atoms with E-state index in [1.54, 1.807) is 0 Å². The molecule has 0 spiro atoms. The summed E-state index contributed by atoms with van der Waals surface area (Å²) in [6.45, 7) is 2.81. The molecule has 0 heterocycles. The van der Waals surface area contributed by atoms with Crippen molar-refractivity contribution in [1.29, 1.82) is 0 Å². The molecule has 10 heteroatoms. The van der Waals surface area contributed by atoms with Crippen molar-refractivity contribution in [3.05, 3.63) is 58.9 Å². The molecule has 2 aromatic carbocycles. The average molecular weight is 439 g/mol. The van der Waals surface area contributed by atoms with Crippen molar-refractivity contribution in [1.82, 2.24) is 0 Å². The lowest BCUT2D eigenvalue weighted by atomic mass is 10.0. The molecule has 1 unspecified atom stereocenters. The fourth-order valence-corrected chi connectivity index (χ4v) is 3.77. The SMILES string of the molecule is CCC(=Nc1cc(S(=O)CC(F)(F)F)c(C)cc1F)c1ccccc1C(F)(F)F. The van der Waals surface area contributed by atoms with E-state index < -0.39 is 46.0 Å². The van der Waals surface area contributed by atoms with Crippen molar-refractivity contribution in [2.45, 2.75) is 37.5 Å². The van der Waals surface area contributed by atoms with Gasteiger partial charge < -0.3 is 0 Å². The summed E-state index contributed by atoms with van der Waals surface area (Å²) >= 11 is 0. The molecule has 0 saturated carbocycles. The van der Waals surface area contributed by atoms with Gasteiger partial charge in [0.1, 0.15) is 17.3 Å². The Morgan fingerprint density at radius 2 is 1.69 bits per heavy atom. The number of hydrogen-bond acceptors (Lipinski definition) is 2. The zero-order chi connectivity index (χ0) is 22.0. The van der Waals surface area contributed by atoms with Gasteiger partial charge in [-0.2, -0.15) is 26.3 Å². The summed E-state index contributed by atoms with van der Waals surface area (Å²) in [6.07, 6.45) is -9.37. The third-order valence-electron chi connectivity index (χ3n) is 3.92. The van der Waals surface area contributed by atoms with Crippen LogP contribution in [0.25, 0.3) is 0 Å². The van der Waals surface area contributed by atoms with Crippen LogP contribution >= 0.6 is 0 Å². The summed E-state index contributed by atoms with van der Waals surface area (Å²) in [5, 5.41) is 0. The van der Waals surface area contributed by atoms with E-state index in [0.717, 1.165) is 18.2 Å². The van der Waals surface area contributed by atoms with Crippen molar-refractivity contribution < 1.29 is 34.9 Å². The minimum Gasteiger partial charge on any atom is -0.254 e. The Labute approximate surface area is 164 Å². The summed E-state index contributed by atoms with van der Waals surface area (Å²) in [5.74, 6) is -2.56. The fourth-order valence-electron chi connectivity index (χ4n) is 2.66. The van der Waals surface area contributed by atoms with Crippen LogP contribution < -0.4 is 0 Å². The van der Waals surface area contributed by atoms with Crippen molar-refractivity contribution in [3.63, 3.8) is 0 Å². The molecule has 0 aliphatic heterocycles. The summed E-state index contributed by atoms with van der Waals surface area (Å²) < 4.78 is 104. The number of halogens is 7. The number of aryl methyl sites for hydroxylation is 1. The van der Waals surface area contributed by atoms with E-state index in [-0.39, 0.29) is 28.2 Å². The lowest BCUT2D eigenvalue weighted by Crippen LogP contribution is -2.19. The highest BCUT2D eigenvalue weighted by molar-refractivity contribution is 7.85. The largest absolute Gasteiger partial charge is 0.417 e. The fraction of sp³-hybridized carbons (Fsp3) is 0.316. The number of nitrogens with zero attached hydrogens (tertiary/aromatic N) is 1. The lowest BCUT2D eigenvalue weighted by Gasteiger charge is -2.14. The third-order valence-corrected chi connectivity index (χ3v) is 5.44. The maximum Gasteiger partial charge on any atom is 0.417 e. The van der Waals surface area contributed by atoms with Crippen LogP contribution in [0.3, 0.4) is 0 Å². The maximum atomic E-state index is 14.3. The van der Waals surface area contributed by atoms with Gasteiger partial charge >= 0.3 is 12.4 Å². The Morgan fingerprint density at radius 3 is 2.24 bits per heavy atom. The Morgan fingerprint density at radius 1 is 1.07 bits per heavy atom. The summed E-state index contributed by atoms with van der Waals surface area (Å²) in [4.78, 5) is 3.65. The highest BCUT2D eigenvalue weighted by Crippen LogP contribution is 2.34. The number of benzene rings is 2. The van der Waals surface area contributed by atoms with E-state index in [9.17, 15) is 34.9 Å². The third kappa shape index (κ3) is 5.88. The summed E-state index contributed by atoms with van der Waals surface area (Å²) in [6, 6.07) is 6.36. The highest BCUT2D eigenvalue weighted by atomic mass is 32.2. The second-order valence-corrected chi connectivity index (χ2v) is 7.55. The summed E-state index contributed by atoms with van der Waals surface area (Å²) in [5.41, 5.74) is -1.78. The zero-order valence-corrected chi connectivity index (χ0v) is 16.1. The van der Waals surface area contributed by atoms with Gasteiger partial charge in [-0.1, -0.05) is 25.1 Å². The van der Waals surface area contributed by atoms with Gasteiger partial charge in [0.2, 0.25) is 0 Å². The van der Waals surface area contributed by atoms with Crippen LogP contribution in [0.15, 0.2) is 46.3 Å². The molecule has 2 rings (SSSR count). The van der Waals surface area contributed by atoms with E-state index in [4.69, 9.17) is 0 Å². The van der Waals surface area contributed by atoms with Gasteiger partial charge in [-0.3, -0.25) is 4.21 Å². The normalized spacial score (nSPS) is 14.2. The molecule has 0 aliphatic carbocycles. The Bertz CT molecular complexity index is 949. The number of rotatable bonds is 5. The van der Waals surface area contributed by atoms with Crippen LogP contribution in [0, 0.1) is 12.7 Å². The highest BCUT2D eigenvalue weighted by Gasteiger charge is 2.34. The van der Waals surface area contributed by atoms with Gasteiger partial charge in [-0.15, -0.1) is 0 Å². The lowest BCUT2D eigenvalue weighted by molar-refractivity contribution is -0.137. The quantitative estimate of drug-likeness (QED) is 0.394. The molecular weight excluding hydrogens is 423 g/mol. The topological polar surface area (TPSA) is 29.4 Å². The van der Waals surface area contributed by atoms with Crippen molar-refractivity contribution in [2.75, 3.05) is 5.75 Å². The second kappa shape index (κ2) is 8.64. The van der Waals surface area contributed by atoms with Crippen LogP contribution in [0.5, 0.6) is 0 Å². The molecular formula is C19H16F7NOS. The molecule has 29 heavy (non-hydrogen) atoms. The first-order chi connectivity index (χ1) is 13.3. The predicted molar refractivity (Wildman–Crippen MR) is 96.4 cm³/mol. The molecule has 2 nitrogen and oxygen atoms in total. The van der Waals surface area contributed by atoms with Gasteiger partial charge in [-0.25, -0.2) is 9.38 Å².